The van der Waals surface area contributed by atoms with Gasteiger partial charge in [-0.2, -0.15) is 5.10 Å². The van der Waals surface area contributed by atoms with E-state index in [-0.39, 0.29) is 5.91 Å². The molecule has 5 heteroatoms. The van der Waals surface area contributed by atoms with E-state index in [1.807, 2.05) is 21.8 Å². The normalized spacial score (nSPS) is 26.1. The van der Waals surface area contributed by atoms with Crippen molar-refractivity contribution in [1.82, 2.24) is 20.0 Å². The van der Waals surface area contributed by atoms with E-state index in [0.717, 1.165) is 45.4 Å². The molecule has 0 aliphatic carbocycles. The fraction of sp³-hybridized carbons (Fsp3) is 0.545. The maximum atomic E-state index is 13.0. The molecule has 0 saturated carbocycles. The molecule has 2 aliphatic rings. The number of nitrogens with zero attached hydrogens (tertiary/aromatic N) is 3. The van der Waals surface area contributed by atoms with Crippen molar-refractivity contribution in [1.29, 1.82) is 0 Å². The van der Waals surface area contributed by atoms with Gasteiger partial charge in [-0.25, -0.2) is 0 Å². The number of likely N-dealkylation sites (tertiary alicyclic amines) is 1. The molecule has 1 N–H and O–H groups in total. The van der Waals surface area contributed by atoms with Crippen LogP contribution in [0.5, 0.6) is 0 Å². The summed E-state index contributed by atoms with van der Waals surface area (Å²) in [5, 5.41) is 8.04. The Labute approximate surface area is 161 Å². The number of carbonyl (C=O) groups is 1. The van der Waals surface area contributed by atoms with E-state index in [9.17, 15) is 4.79 Å². The van der Waals surface area contributed by atoms with Gasteiger partial charge in [-0.3, -0.25) is 9.48 Å². The molecule has 1 amide bonds. The lowest BCUT2D eigenvalue weighted by molar-refractivity contribution is 0.0638. The van der Waals surface area contributed by atoms with Gasteiger partial charge in [-0.1, -0.05) is 43.7 Å². The highest BCUT2D eigenvalue weighted by atomic mass is 16.2. The van der Waals surface area contributed by atoms with Gasteiger partial charge in [0, 0.05) is 25.8 Å². The topological polar surface area (TPSA) is 50.2 Å². The van der Waals surface area contributed by atoms with Crippen molar-refractivity contribution in [3.05, 3.63) is 53.9 Å². The Balaban J connectivity index is 1.43. The number of hydrogen-bond donors (Lipinski definition) is 1. The second kappa shape index (κ2) is 8.26. The van der Waals surface area contributed by atoms with E-state index in [2.05, 4.69) is 47.7 Å². The van der Waals surface area contributed by atoms with Crippen molar-refractivity contribution in [3.63, 3.8) is 0 Å². The molecular weight excluding hydrogens is 336 g/mol. The minimum atomic E-state index is 0.0856. The average Bonchev–Trinajstić information content (AvgIpc) is 3.24. The van der Waals surface area contributed by atoms with Crippen LogP contribution in [-0.4, -0.2) is 46.8 Å². The van der Waals surface area contributed by atoms with Crippen LogP contribution in [-0.2, 0) is 0 Å². The Hall–Kier alpha value is -2.14. The molecule has 2 fully saturated rings. The summed E-state index contributed by atoms with van der Waals surface area (Å²) in [7, 11) is 0. The summed E-state index contributed by atoms with van der Waals surface area (Å²) >= 11 is 0. The first-order chi connectivity index (χ1) is 13.3. The molecule has 2 aromatic rings. The van der Waals surface area contributed by atoms with Gasteiger partial charge in [0.15, 0.2) is 0 Å². The van der Waals surface area contributed by atoms with Gasteiger partial charge in [0.05, 0.1) is 6.04 Å². The molecule has 2 saturated heterocycles. The Kier molecular flexibility index (Phi) is 5.58. The first-order valence-electron chi connectivity index (χ1n) is 10.4. The number of nitrogens with one attached hydrogen (secondary N) is 1. The molecule has 2 aliphatic heterocycles. The third kappa shape index (κ3) is 3.93. The smallest absolute Gasteiger partial charge is 0.274 e. The van der Waals surface area contributed by atoms with Crippen LogP contribution in [0.25, 0.3) is 0 Å². The first-order valence-corrected chi connectivity index (χ1v) is 10.4. The standard InChI is InChI=1S/C22H30N4O/c1-2-17-16-25(13-10-20(17)18-7-4-3-5-8-18)22(27)21-11-14-26(24-21)19-9-6-12-23-15-19/h3-5,7-8,11,14,17,19-20,23H,2,6,9-10,12-13,15-16H2,1H3. The fourth-order valence-corrected chi connectivity index (χ4v) is 4.65. The molecule has 144 valence electrons. The third-order valence-electron chi connectivity index (χ3n) is 6.25. The van der Waals surface area contributed by atoms with Gasteiger partial charge < -0.3 is 10.2 Å². The highest BCUT2D eigenvalue weighted by Crippen LogP contribution is 2.35. The van der Waals surface area contributed by atoms with Crippen molar-refractivity contribution in [2.45, 2.75) is 44.6 Å². The summed E-state index contributed by atoms with van der Waals surface area (Å²) in [6.45, 7) is 5.90. The van der Waals surface area contributed by atoms with Crippen LogP contribution in [0.15, 0.2) is 42.6 Å². The fourth-order valence-electron chi connectivity index (χ4n) is 4.65. The SMILES string of the molecule is CCC1CN(C(=O)c2ccn(C3CCCNC3)n2)CCC1c1ccccc1. The van der Waals surface area contributed by atoms with Crippen molar-refractivity contribution >= 4 is 5.91 Å². The molecule has 3 atom stereocenters. The summed E-state index contributed by atoms with van der Waals surface area (Å²) in [5.74, 6) is 1.14. The largest absolute Gasteiger partial charge is 0.337 e. The molecule has 4 rings (SSSR count). The highest BCUT2D eigenvalue weighted by Gasteiger charge is 2.32. The zero-order valence-corrected chi connectivity index (χ0v) is 16.2. The monoisotopic (exact) mass is 366 g/mol. The average molecular weight is 367 g/mol. The molecular formula is C22H30N4O. The zero-order chi connectivity index (χ0) is 18.6. The van der Waals surface area contributed by atoms with Crippen LogP contribution < -0.4 is 5.32 Å². The number of benzene rings is 1. The Morgan fingerprint density at radius 3 is 2.81 bits per heavy atom. The summed E-state index contributed by atoms with van der Waals surface area (Å²) in [6.07, 6.45) is 6.38. The molecule has 3 unspecified atom stereocenters. The number of amides is 1. The van der Waals surface area contributed by atoms with Crippen LogP contribution in [0.1, 0.15) is 60.6 Å². The summed E-state index contributed by atoms with van der Waals surface area (Å²) in [5.41, 5.74) is 2.00. The van der Waals surface area contributed by atoms with Crippen LogP contribution in [0.4, 0.5) is 0 Å². The summed E-state index contributed by atoms with van der Waals surface area (Å²) in [4.78, 5) is 15.0. The maximum absolute atomic E-state index is 13.0. The lowest BCUT2D eigenvalue weighted by Gasteiger charge is -2.38. The lowest BCUT2D eigenvalue weighted by atomic mass is 9.79. The molecule has 1 aromatic heterocycles. The quantitative estimate of drug-likeness (QED) is 0.901. The van der Waals surface area contributed by atoms with E-state index >= 15 is 0 Å². The van der Waals surface area contributed by atoms with Gasteiger partial charge in [-0.15, -0.1) is 0 Å². The van der Waals surface area contributed by atoms with Crippen molar-refractivity contribution < 1.29 is 4.79 Å². The van der Waals surface area contributed by atoms with Crippen LogP contribution >= 0.6 is 0 Å². The van der Waals surface area contributed by atoms with Gasteiger partial charge >= 0.3 is 0 Å². The van der Waals surface area contributed by atoms with Gasteiger partial charge in [-0.05, 0) is 49.3 Å². The number of hydrogen-bond acceptors (Lipinski definition) is 3. The van der Waals surface area contributed by atoms with Crippen LogP contribution in [0.2, 0.25) is 0 Å². The van der Waals surface area contributed by atoms with Gasteiger partial charge in [0.25, 0.3) is 5.91 Å². The van der Waals surface area contributed by atoms with Gasteiger partial charge in [0.2, 0.25) is 0 Å². The highest BCUT2D eigenvalue weighted by molar-refractivity contribution is 5.92. The second-order valence-electron chi connectivity index (χ2n) is 7.91. The summed E-state index contributed by atoms with van der Waals surface area (Å²) < 4.78 is 1.98. The Bertz CT molecular complexity index is 751. The minimum absolute atomic E-state index is 0.0856. The second-order valence-corrected chi connectivity index (χ2v) is 7.91. The van der Waals surface area contributed by atoms with E-state index in [0.29, 0.717) is 23.6 Å². The van der Waals surface area contributed by atoms with Crippen LogP contribution in [0, 0.1) is 5.92 Å². The lowest BCUT2D eigenvalue weighted by Crippen LogP contribution is -2.43. The van der Waals surface area contributed by atoms with E-state index in [1.54, 1.807) is 0 Å². The molecule has 0 bridgehead atoms. The van der Waals surface area contributed by atoms with E-state index < -0.39 is 0 Å². The Morgan fingerprint density at radius 1 is 1.22 bits per heavy atom. The molecule has 5 nitrogen and oxygen atoms in total. The van der Waals surface area contributed by atoms with E-state index in [1.165, 1.54) is 12.0 Å². The number of piperidine rings is 2. The predicted octanol–water partition coefficient (Wildman–Crippen LogP) is 3.46. The zero-order valence-electron chi connectivity index (χ0n) is 16.2. The van der Waals surface area contributed by atoms with Crippen molar-refractivity contribution in [2.24, 2.45) is 5.92 Å². The first kappa shape index (κ1) is 18.2. The number of rotatable bonds is 4. The van der Waals surface area contributed by atoms with Crippen LogP contribution in [0.3, 0.4) is 0 Å². The Morgan fingerprint density at radius 2 is 2.07 bits per heavy atom. The third-order valence-corrected chi connectivity index (χ3v) is 6.25. The molecule has 27 heavy (non-hydrogen) atoms. The summed E-state index contributed by atoms with van der Waals surface area (Å²) in [6, 6.07) is 13.0. The maximum Gasteiger partial charge on any atom is 0.274 e. The number of aromatic nitrogens is 2. The molecule has 3 heterocycles. The molecule has 1 aromatic carbocycles. The predicted molar refractivity (Wildman–Crippen MR) is 107 cm³/mol. The number of carbonyl (C=O) groups excluding carboxylic acids is 1. The van der Waals surface area contributed by atoms with Crippen molar-refractivity contribution in [2.75, 3.05) is 26.2 Å². The van der Waals surface area contributed by atoms with E-state index in [4.69, 9.17) is 0 Å². The van der Waals surface area contributed by atoms with Crippen molar-refractivity contribution in [3.8, 4) is 0 Å². The minimum Gasteiger partial charge on any atom is -0.337 e. The molecule has 0 spiro atoms. The molecule has 0 radical (unpaired) electrons. The van der Waals surface area contributed by atoms with Gasteiger partial charge in [0.1, 0.15) is 5.69 Å².